The van der Waals surface area contributed by atoms with Crippen LogP contribution in [0, 0.1) is 0 Å². The van der Waals surface area contributed by atoms with Gasteiger partial charge in [-0.2, -0.15) is 0 Å². The van der Waals surface area contributed by atoms with E-state index in [-0.39, 0.29) is 17.4 Å². The molecule has 5 heteroatoms. The van der Waals surface area contributed by atoms with Crippen LogP contribution in [-0.2, 0) is 10.2 Å². The Kier molecular flexibility index (Phi) is 3.22. The lowest BCUT2D eigenvalue weighted by Crippen LogP contribution is -2.49. The van der Waals surface area contributed by atoms with Crippen LogP contribution in [0.25, 0.3) is 0 Å². The van der Waals surface area contributed by atoms with Crippen molar-refractivity contribution >= 4 is 23.3 Å². The minimum atomic E-state index is -0.390. The predicted molar refractivity (Wildman–Crippen MR) is 75.1 cm³/mol. The third kappa shape index (κ3) is 2.70. The molecule has 1 fully saturated rings. The van der Waals surface area contributed by atoms with Crippen LogP contribution in [-0.4, -0.2) is 18.5 Å². The topological polar surface area (TPSA) is 75.4 Å². The van der Waals surface area contributed by atoms with Crippen molar-refractivity contribution in [3.8, 4) is 0 Å². The number of nitrogens with two attached hydrogens (primary N) is 1. The van der Waals surface area contributed by atoms with E-state index in [9.17, 15) is 9.59 Å². The first-order valence-corrected chi connectivity index (χ1v) is 6.30. The molecule has 102 valence electrons. The van der Waals surface area contributed by atoms with Gasteiger partial charge in [0.2, 0.25) is 5.91 Å². The minimum absolute atomic E-state index is 0.0390. The van der Waals surface area contributed by atoms with E-state index >= 15 is 0 Å². The lowest BCUT2D eigenvalue weighted by atomic mass is 9.85. The highest BCUT2D eigenvalue weighted by Crippen LogP contribution is 2.31. The van der Waals surface area contributed by atoms with Gasteiger partial charge in [0.25, 0.3) is 0 Å². The fraction of sp³-hybridized carbons (Fsp3) is 0.429. The van der Waals surface area contributed by atoms with E-state index in [4.69, 9.17) is 5.73 Å². The Morgan fingerprint density at radius 1 is 1.26 bits per heavy atom. The summed E-state index contributed by atoms with van der Waals surface area (Å²) in [6.45, 7) is 6.65. The van der Waals surface area contributed by atoms with Gasteiger partial charge in [-0.05, 0) is 23.1 Å². The van der Waals surface area contributed by atoms with Gasteiger partial charge in [0, 0.05) is 24.3 Å². The number of carbonyl (C=O) groups excluding carboxylic acids is 2. The number of hydrogen-bond acceptors (Lipinski definition) is 3. The number of benzene rings is 1. The average molecular weight is 261 g/mol. The molecule has 1 aliphatic heterocycles. The second-order valence-corrected chi connectivity index (χ2v) is 5.78. The van der Waals surface area contributed by atoms with Crippen molar-refractivity contribution in [2.45, 2.75) is 32.6 Å². The molecule has 0 atom stereocenters. The highest BCUT2D eigenvalue weighted by atomic mass is 16.2. The smallest absolute Gasteiger partial charge is 0.328 e. The van der Waals surface area contributed by atoms with E-state index in [2.05, 4.69) is 26.1 Å². The normalized spacial score (nSPS) is 16.5. The predicted octanol–water partition coefficient (Wildman–Crippen LogP) is 2.01. The van der Waals surface area contributed by atoms with Crippen LogP contribution >= 0.6 is 0 Å². The molecular formula is C14H19N3O2. The number of anilines is 2. The average Bonchev–Trinajstić information content (AvgIpc) is 2.26. The van der Waals surface area contributed by atoms with Gasteiger partial charge in [0.05, 0.1) is 0 Å². The van der Waals surface area contributed by atoms with Gasteiger partial charge in [0.15, 0.2) is 0 Å². The Hall–Kier alpha value is -2.04. The van der Waals surface area contributed by atoms with Crippen molar-refractivity contribution in [1.29, 1.82) is 0 Å². The van der Waals surface area contributed by atoms with Crippen molar-refractivity contribution in [2.75, 3.05) is 17.2 Å². The molecule has 0 spiro atoms. The van der Waals surface area contributed by atoms with Gasteiger partial charge in [-0.15, -0.1) is 0 Å². The van der Waals surface area contributed by atoms with Gasteiger partial charge in [0.1, 0.15) is 0 Å². The van der Waals surface area contributed by atoms with Gasteiger partial charge in [-0.1, -0.05) is 26.8 Å². The number of nitrogens with one attached hydrogen (secondary N) is 1. The van der Waals surface area contributed by atoms with E-state index in [0.29, 0.717) is 18.7 Å². The van der Waals surface area contributed by atoms with Crippen LogP contribution in [0.4, 0.5) is 16.2 Å². The maximum atomic E-state index is 11.8. The van der Waals surface area contributed by atoms with Crippen molar-refractivity contribution in [1.82, 2.24) is 5.32 Å². The maximum absolute atomic E-state index is 11.8. The van der Waals surface area contributed by atoms with Gasteiger partial charge in [-0.25, -0.2) is 4.79 Å². The fourth-order valence-corrected chi connectivity index (χ4v) is 2.21. The van der Waals surface area contributed by atoms with Crippen LogP contribution < -0.4 is 16.0 Å². The number of imide groups is 1. The van der Waals surface area contributed by atoms with Crippen molar-refractivity contribution in [3.05, 3.63) is 23.8 Å². The summed E-state index contributed by atoms with van der Waals surface area (Å²) in [5, 5.41) is 2.30. The summed E-state index contributed by atoms with van der Waals surface area (Å²) < 4.78 is 0. The molecule has 0 aromatic heterocycles. The number of nitrogens with zero attached hydrogens (tertiary/aromatic N) is 1. The quantitative estimate of drug-likeness (QED) is 0.759. The summed E-state index contributed by atoms with van der Waals surface area (Å²) in [4.78, 5) is 24.4. The summed E-state index contributed by atoms with van der Waals surface area (Å²) in [6.07, 6.45) is 0.312. The molecule has 1 heterocycles. The van der Waals surface area contributed by atoms with Crippen LogP contribution in [0.2, 0.25) is 0 Å². The zero-order chi connectivity index (χ0) is 14.2. The number of amides is 3. The Morgan fingerprint density at radius 2 is 1.95 bits per heavy atom. The molecule has 0 bridgehead atoms. The summed E-state index contributed by atoms with van der Waals surface area (Å²) >= 11 is 0. The number of hydrogen-bond donors (Lipinski definition) is 2. The minimum Gasteiger partial charge on any atom is -0.398 e. The molecule has 0 aliphatic carbocycles. The Bertz CT molecular complexity index is 532. The summed E-state index contributed by atoms with van der Waals surface area (Å²) in [5.41, 5.74) is 8.45. The number of nitrogen functional groups attached to an aromatic ring is 1. The zero-order valence-corrected chi connectivity index (χ0v) is 11.5. The Labute approximate surface area is 112 Å². The van der Waals surface area contributed by atoms with E-state index in [1.54, 1.807) is 6.07 Å². The lowest BCUT2D eigenvalue weighted by Gasteiger charge is -2.28. The lowest BCUT2D eigenvalue weighted by molar-refractivity contribution is -0.120. The summed E-state index contributed by atoms with van der Waals surface area (Å²) in [6, 6.07) is 5.20. The van der Waals surface area contributed by atoms with E-state index < -0.39 is 0 Å². The number of carbonyl (C=O) groups is 2. The molecule has 1 aliphatic rings. The third-order valence-corrected chi connectivity index (χ3v) is 3.21. The maximum Gasteiger partial charge on any atom is 0.328 e. The van der Waals surface area contributed by atoms with Crippen LogP contribution in [0.5, 0.6) is 0 Å². The van der Waals surface area contributed by atoms with Gasteiger partial charge >= 0.3 is 6.03 Å². The number of urea groups is 1. The molecule has 19 heavy (non-hydrogen) atoms. The first kappa shape index (κ1) is 13.4. The van der Waals surface area contributed by atoms with Crippen LogP contribution in [0.15, 0.2) is 18.2 Å². The highest BCUT2D eigenvalue weighted by molar-refractivity contribution is 6.05. The second kappa shape index (κ2) is 4.57. The first-order valence-electron chi connectivity index (χ1n) is 6.30. The SMILES string of the molecule is CC(C)(C)c1ccc(N2CCC(=O)NC2=O)cc1N. The first-order chi connectivity index (χ1) is 8.79. The van der Waals surface area contributed by atoms with E-state index in [1.807, 2.05) is 12.1 Å². The Morgan fingerprint density at radius 3 is 2.47 bits per heavy atom. The zero-order valence-electron chi connectivity index (χ0n) is 11.5. The molecule has 0 saturated carbocycles. The Balaban J connectivity index is 2.30. The van der Waals surface area contributed by atoms with Crippen molar-refractivity contribution in [3.63, 3.8) is 0 Å². The summed E-state index contributed by atoms with van der Waals surface area (Å²) in [7, 11) is 0. The second-order valence-electron chi connectivity index (χ2n) is 5.78. The van der Waals surface area contributed by atoms with Crippen molar-refractivity contribution < 1.29 is 9.59 Å². The van der Waals surface area contributed by atoms with Crippen LogP contribution in [0.1, 0.15) is 32.8 Å². The number of rotatable bonds is 1. The molecule has 0 radical (unpaired) electrons. The molecule has 1 aromatic rings. The summed E-state index contributed by atoms with van der Waals surface area (Å²) in [5.74, 6) is -0.236. The van der Waals surface area contributed by atoms with E-state index in [1.165, 1.54) is 4.90 Å². The monoisotopic (exact) mass is 261 g/mol. The molecule has 0 unspecified atom stereocenters. The third-order valence-electron chi connectivity index (χ3n) is 3.21. The van der Waals surface area contributed by atoms with Crippen LogP contribution in [0.3, 0.4) is 0 Å². The van der Waals surface area contributed by atoms with E-state index in [0.717, 1.165) is 11.3 Å². The molecule has 3 N–H and O–H groups in total. The highest BCUT2D eigenvalue weighted by Gasteiger charge is 2.25. The van der Waals surface area contributed by atoms with Crippen molar-refractivity contribution in [2.24, 2.45) is 0 Å². The molecule has 5 nitrogen and oxygen atoms in total. The molecular weight excluding hydrogens is 242 g/mol. The standard InChI is InChI=1S/C14H19N3O2/c1-14(2,3)10-5-4-9(8-11(10)15)17-7-6-12(18)16-13(17)19/h4-5,8H,6-7,15H2,1-3H3,(H,16,18,19). The molecule has 1 saturated heterocycles. The molecule has 1 aromatic carbocycles. The van der Waals surface area contributed by atoms with Gasteiger partial charge in [-0.3, -0.25) is 15.0 Å². The largest absolute Gasteiger partial charge is 0.398 e. The fourth-order valence-electron chi connectivity index (χ4n) is 2.21. The molecule has 3 amide bonds. The van der Waals surface area contributed by atoms with Gasteiger partial charge < -0.3 is 5.73 Å². The molecule has 2 rings (SSSR count).